The zero-order chi connectivity index (χ0) is 47.7. The van der Waals surface area contributed by atoms with Gasteiger partial charge in [-0.05, 0) is 77.0 Å². The van der Waals surface area contributed by atoms with E-state index < -0.39 is 81.1 Å². The maximum Gasteiger partial charge on any atom is 0.472 e. The van der Waals surface area contributed by atoms with Crippen LogP contribution in [0.2, 0.25) is 0 Å². The van der Waals surface area contributed by atoms with Gasteiger partial charge in [0.05, 0.1) is 19.3 Å². The summed E-state index contributed by atoms with van der Waals surface area (Å²) in [6.45, 7) is 2.17. The smallest absolute Gasteiger partial charge is 0.472 e. The maximum atomic E-state index is 13.0. The number of nitrogens with two attached hydrogens (primary N) is 2. The molecule has 0 heterocycles. The molecule has 0 bridgehead atoms. The van der Waals surface area contributed by atoms with E-state index >= 15 is 0 Å². The molecule has 0 aliphatic carbocycles. The van der Waals surface area contributed by atoms with Crippen LogP contribution in [0.3, 0.4) is 0 Å². The lowest BCUT2D eigenvalue weighted by Gasteiger charge is -2.22. The number of unbranched alkanes of at least 4 members (excludes halogenated alkanes) is 8. The average molecular weight is 941 g/mol. The third-order valence-corrected chi connectivity index (χ3v) is 11.5. The molecule has 0 rings (SSSR count). The average Bonchev–Trinajstić information content (AvgIpc) is 3.25. The van der Waals surface area contributed by atoms with Crippen LogP contribution in [0.5, 0.6) is 0 Å². The summed E-state index contributed by atoms with van der Waals surface area (Å²) in [5, 5.41) is 28.3. The van der Waals surface area contributed by atoms with E-state index in [1.807, 2.05) is 24.3 Å². The Bertz CT molecular complexity index is 1530. The van der Waals surface area contributed by atoms with Gasteiger partial charge in [-0.3, -0.25) is 28.2 Å². The molecule has 0 radical (unpaired) electrons. The highest BCUT2D eigenvalue weighted by Crippen LogP contribution is 2.43. The molecular formula is C47H77N2O13PS. The van der Waals surface area contributed by atoms with Crippen LogP contribution in [0, 0.1) is 0 Å². The van der Waals surface area contributed by atoms with Crippen molar-refractivity contribution in [1.29, 1.82) is 0 Å². The Morgan fingerprint density at radius 3 is 1.78 bits per heavy atom. The van der Waals surface area contributed by atoms with Gasteiger partial charge < -0.3 is 41.2 Å². The number of phosphoric acid groups is 1. The first kappa shape index (κ1) is 60.4. The quantitative estimate of drug-likeness (QED) is 0.0110. The van der Waals surface area contributed by atoms with E-state index in [-0.39, 0.29) is 31.4 Å². The summed E-state index contributed by atoms with van der Waals surface area (Å²) in [6, 6.07) is -2.81. The lowest BCUT2D eigenvalue weighted by atomic mass is 10.1. The first-order valence-corrected chi connectivity index (χ1v) is 25.1. The van der Waals surface area contributed by atoms with E-state index in [1.165, 1.54) is 50.3 Å². The van der Waals surface area contributed by atoms with Crippen LogP contribution in [0.25, 0.3) is 0 Å². The van der Waals surface area contributed by atoms with Gasteiger partial charge >= 0.3 is 31.7 Å². The largest absolute Gasteiger partial charge is 0.481 e. The molecule has 64 heavy (non-hydrogen) atoms. The molecule has 8 N–H and O–H groups in total. The molecule has 15 nitrogen and oxygen atoms in total. The van der Waals surface area contributed by atoms with Crippen molar-refractivity contribution in [2.45, 2.75) is 159 Å². The van der Waals surface area contributed by atoms with Gasteiger partial charge in [0.15, 0.2) is 6.10 Å². The van der Waals surface area contributed by atoms with Crippen LogP contribution in [-0.4, -0.2) is 99.2 Å². The number of allylic oxidation sites excluding steroid dienone is 13. The first-order chi connectivity index (χ1) is 30.7. The predicted molar refractivity (Wildman–Crippen MR) is 254 cm³/mol. The molecule has 0 aromatic heterocycles. The summed E-state index contributed by atoms with van der Waals surface area (Å²) in [7, 11) is -4.87. The van der Waals surface area contributed by atoms with Crippen molar-refractivity contribution in [2.75, 3.05) is 25.6 Å². The number of carboxylic acid groups (broad SMARTS) is 2. The number of carbonyl (C=O) groups excluding carboxylic acids is 2. The van der Waals surface area contributed by atoms with Crippen LogP contribution in [0.15, 0.2) is 85.1 Å². The van der Waals surface area contributed by atoms with Gasteiger partial charge in [0.1, 0.15) is 18.7 Å². The number of esters is 2. The zero-order valence-electron chi connectivity index (χ0n) is 38.0. The number of phosphoric ester groups is 1. The molecular weight excluding hydrogens is 864 g/mol. The summed E-state index contributed by atoms with van der Waals surface area (Å²) >= 11 is 1.17. The van der Waals surface area contributed by atoms with E-state index in [0.29, 0.717) is 12.8 Å². The number of carboxylic acids is 2. The van der Waals surface area contributed by atoms with Gasteiger partial charge in [-0.2, -0.15) is 0 Å². The van der Waals surface area contributed by atoms with Crippen molar-refractivity contribution in [1.82, 2.24) is 0 Å². The van der Waals surface area contributed by atoms with Crippen molar-refractivity contribution >= 4 is 43.5 Å². The van der Waals surface area contributed by atoms with Gasteiger partial charge in [0.25, 0.3) is 0 Å². The van der Waals surface area contributed by atoms with Crippen LogP contribution in [0.4, 0.5) is 0 Å². The Balaban J connectivity index is 5.33. The normalized spacial score (nSPS) is 15.8. The van der Waals surface area contributed by atoms with Crippen molar-refractivity contribution in [2.24, 2.45) is 11.5 Å². The molecule has 364 valence electrons. The molecule has 1 unspecified atom stereocenters. The van der Waals surface area contributed by atoms with Crippen LogP contribution in [-0.2, 0) is 42.3 Å². The fourth-order valence-electron chi connectivity index (χ4n) is 5.39. The minimum atomic E-state index is -4.87. The fraction of sp³-hybridized carbons (Fsp3) is 0.617. The van der Waals surface area contributed by atoms with Gasteiger partial charge in [0, 0.05) is 23.8 Å². The molecule has 0 amide bonds. The van der Waals surface area contributed by atoms with Crippen molar-refractivity contribution in [3.63, 3.8) is 0 Å². The molecule has 0 aromatic carbocycles. The third kappa shape index (κ3) is 37.7. The van der Waals surface area contributed by atoms with Gasteiger partial charge in [-0.1, -0.05) is 125 Å². The molecule has 0 saturated carbocycles. The lowest BCUT2D eigenvalue weighted by Crippen LogP contribution is -2.38. The van der Waals surface area contributed by atoms with E-state index in [4.69, 9.17) is 35.7 Å². The van der Waals surface area contributed by atoms with Crippen molar-refractivity contribution < 1.29 is 62.5 Å². The summed E-state index contributed by atoms with van der Waals surface area (Å²) in [5.74, 6) is -4.02. The number of aliphatic hydroxyl groups excluding tert-OH is 1. The topological polar surface area (TPSA) is 255 Å². The predicted octanol–water partition coefficient (Wildman–Crippen LogP) is 8.82. The summed E-state index contributed by atoms with van der Waals surface area (Å²) in [4.78, 5) is 57.8. The van der Waals surface area contributed by atoms with Crippen LogP contribution < -0.4 is 11.5 Å². The highest BCUT2D eigenvalue weighted by atomic mass is 32.2. The standard InChI is InChI=1S/C47H77N2O13PS/c1-3-5-7-9-11-13-15-17-18-19-21-23-25-27-29-34-45(53)62-39(36-60-63(57,58)61-37-40(48)46(54)55)35-59-47(56)41(49)38-64-43(42(50)31-30-33-44(51)52)32-28-26-24-22-20-16-14-12-10-8-6-4-2/h11-14,17-18,20-24,26,28,32,39-43,50H,3-10,15-16,19,25,27,29-31,33-38,48-49H2,1-2H3,(H,51,52)(H,54,55)(H,57,58)/b13-11-,14-12-,18-17-,22-20-,23-21-,26-24+,32-28+/t39-,40+,41+,42+,43-/m1/s1. The molecule has 0 saturated heterocycles. The molecule has 0 fully saturated rings. The number of ether oxygens (including phenoxy) is 2. The van der Waals surface area contributed by atoms with E-state index in [9.17, 15) is 33.7 Å². The van der Waals surface area contributed by atoms with Gasteiger partial charge in [-0.25, -0.2) is 4.57 Å². The zero-order valence-corrected chi connectivity index (χ0v) is 39.7. The third-order valence-electron chi connectivity index (χ3n) is 9.11. The number of hydrogen-bond acceptors (Lipinski definition) is 13. The SMILES string of the molecule is CCCCC/C=C\C\C=C/C=C/C=C/[C@@H](SC[C@H](N)C(=O)OC[C@H](COP(=O)(O)OC[C@H](N)C(=O)O)OC(=O)CCCC/C=C\C/C=C\C/C=C\CCCCC)[C@@H](O)CCCC(=O)O. The summed E-state index contributed by atoms with van der Waals surface area (Å²) < 4.78 is 32.8. The Morgan fingerprint density at radius 1 is 0.656 bits per heavy atom. The Hall–Kier alpha value is -3.60. The minimum Gasteiger partial charge on any atom is -0.481 e. The Kier molecular flexibility index (Phi) is 38.6. The highest BCUT2D eigenvalue weighted by Gasteiger charge is 2.29. The van der Waals surface area contributed by atoms with E-state index in [1.54, 1.807) is 18.2 Å². The highest BCUT2D eigenvalue weighted by molar-refractivity contribution is 8.00. The summed E-state index contributed by atoms with van der Waals surface area (Å²) in [6.07, 6.45) is 39.9. The second-order valence-electron chi connectivity index (χ2n) is 15.0. The Morgan fingerprint density at radius 2 is 1.20 bits per heavy atom. The first-order valence-electron chi connectivity index (χ1n) is 22.6. The molecule has 6 atom stereocenters. The Labute approximate surface area is 385 Å². The number of aliphatic carboxylic acids is 2. The van der Waals surface area contributed by atoms with Crippen molar-refractivity contribution in [3.8, 4) is 0 Å². The molecule has 0 spiro atoms. The minimum absolute atomic E-state index is 0.00535. The number of rotatable bonds is 41. The van der Waals surface area contributed by atoms with Crippen LogP contribution >= 0.6 is 19.6 Å². The van der Waals surface area contributed by atoms with Crippen molar-refractivity contribution in [3.05, 3.63) is 85.1 Å². The second kappa shape index (κ2) is 40.9. The maximum absolute atomic E-state index is 13.0. The molecule has 0 aliphatic heterocycles. The number of thioether (sulfide) groups is 1. The number of carbonyl (C=O) groups is 4. The number of hydrogen-bond donors (Lipinski definition) is 6. The molecule has 0 aromatic rings. The van der Waals surface area contributed by atoms with E-state index in [2.05, 4.69) is 60.9 Å². The summed E-state index contributed by atoms with van der Waals surface area (Å²) in [5.41, 5.74) is 11.5. The van der Waals surface area contributed by atoms with Crippen LogP contribution in [0.1, 0.15) is 129 Å². The fourth-order valence-corrected chi connectivity index (χ4v) is 7.30. The van der Waals surface area contributed by atoms with E-state index in [0.717, 1.165) is 38.5 Å². The monoisotopic (exact) mass is 940 g/mol. The van der Waals surface area contributed by atoms with Gasteiger partial charge in [-0.15, -0.1) is 11.8 Å². The lowest BCUT2D eigenvalue weighted by molar-refractivity contribution is -0.161. The molecule has 0 aliphatic rings. The number of aliphatic hydroxyl groups is 1. The molecule has 17 heteroatoms. The second-order valence-corrected chi connectivity index (χ2v) is 17.7. The van der Waals surface area contributed by atoms with Gasteiger partial charge in [0.2, 0.25) is 0 Å².